The van der Waals surface area contributed by atoms with Gasteiger partial charge < -0.3 is 0 Å². The number of rotatable bonds is 3. The van der Waals surface area contributed by atoms with Gasteiger partial charge in [-0.1, -0.05) is 38.1 Å². The van der Waals surface area contributed by atoms with Gasteiger partial charge >= 0.3 is 0 Å². The van der Waals surface area contributed by atoms with Gasteiger partial charge in [0.05, 0.1) is 16.4 Å². The molecule has 0 aliphatic carbocycles. The number of H-pyrrole nitrogens is 1. The van der Waals surface area contributed by atoms with Crippen LogP contribution in [0.1, 0.15) is 19.4 Å². The Kier molecular flexibility index (Phi) is 3.44. The minimum atomic E-state index is 0.699. The van der Waals surface area contributed by atoms with Crippen molar-refractivity contribution in [1.29, 1.82) is 0 Å². The maximum atomic E-state index is 4.00. The van der Waals surface area contributed by atoms with Crippen LogP contribution in [0.2, 0.25) is 0 Å². The first-order valence-electron chi connectivity index (χ1n) is 5.45. The average Bonchev–Trinajstić information content (AvgIpc) is 2.65. The quantitative estimate of drug-likeness (QED) is 0.902. The lowest BCUT2D eigenvalue weighted by molar-refractivity contribution is 0.647. The first-order chi connectivity index (χ1) is 7.66. The summed E-state index contributed by atoms with van der Waals surface area (Å²) < 4.78 is 1.00. The number of hydrogen-bond donors (Lipinski definition) is 1. The third-order valence-corrected chi connectivity index (χ3v) is 3.08. The van der Waals surface area contributed by atoms with Gasteiger partial charge in [-0.3, -0.25) is 5.10 Å². The average molecular weight is 279 g/mol. The smallest absolute Gasteiger partial charge is 0.0792 e. The predicted octanol–water partition coefficient (Wildman–Crippen LogP) is 4.04. The lowest BCUT2D eigenvalue weighted by Crippen LogP contribution is -1.93. The number of aromatic nitrogens is 2. The highest BCUT2D eigenvalue weighted by molar-refractivity contribution is 9.10. The van der Waals surface area contributed by atoms with Gasteiger partial charge in [0, 0.05) is 5.56 Å². The Morgan fingerprint density at radius 1 is 1.25 bits per heavy atom. The van der Waals surface area contributed by atoms with Gasteiger partial charge in [0.15, 0.2) is 0 Å². The molecule has 0 bridgehead atoms. The molecule has 84 valence electrons. The number of nitrogens with one attached hydrogen (secondary N) is 1. The lowest BCUT2D eigenvalue weighted by Gasteiger charge is -2.05. The van der Waals surface area contributed by atoms with Crippen molar-refractivity contribution < 1.29 is 0 Å². The highest BCUT2D eigenvalue weighted by Gasteiger charge is 2.05. The predicted molar refractivity (Wildman–Crippen MR) is 70.3 cm³/mol. The van der Waals surface area contributed by atoms with Gasteiger partial charge in [-0.15, -0.1) is 0 Å². The number of nitrogens with zero attached hydrogens (tertiary/aromatic N) is 1. The van der Waals surface area contributed by atoms with Crippen LogP contribution in [-0.2, 0) is 6.42 Å². The Morgan fingerprint density at radius 3 is 2.44 bits per heavy atom. The van der Waals surface area contributed by atoms with Crippen LogP contribution in [0.25, 0.3) is 11.3 Å². The molecule has 0 saturated heterocycles. The zero-order valence-corrected chi connectivity index (χ0v) is 11.1. The standard InChI is InChI=1S/C13H15BrN2/c1-9(2)7-10-3-5-11(6-4-10)13-12(14)8-15-16-13/h3-6,8-9H,7H2,1-2H3,(H,15,16). The normalized spacial score (nSPS) is 11.0. The molecule has 2 nitrogen and oxygen atoms in total. The maximum Gasteiger partial charge on any atom is 0.0792 e. The lowest BCUT2D eigenvalue weighted by atomic mass is 10.0. The third kappa shape index (κ3) is 2.53. The van der Waals surface area contributed by atoms with Crippen molar-refractivity contribution >= 4 is 15.9 Å². The number of benzene rings is 1. The third-order valence-electron chi connectivity index (χ3n) is 2.48. The topological polar surface area (TPSA) is 28.7 Å². The van der Waals surface area contributed by atoms with Crippen molar-refractivity contribution in [3.8, 4) is 11.3 Å². The van der Waals surface area contributed by atoms with E-state index < -0.39 is 0 Å². The number of halogens is 1. The van der Waals surface area contributed by atoms with E-state index in [0.29, 0.717) is 5.92 Å². The summed E-state index contributed by atoms with van der Waals surface area (Å²) in [4.78, 5) is 0. The largest absolute Gasteiger partial charge is 0.277 e. The molecule has 0 aliphatic rings. The molecule has 0 atom stereocenters. The van der Waals surface area contributed by atoms with E-state index in [2.05, 4.69) is 64.2 Å². The highest BCUT2D eigenvalue weighted by atomic mass is 79.9. The maximum absolute atomic E-state index is 4.00. The van der Waals surface area contributed by atoms with Crippen molar-refractivity contribution in [2.45, 2.75) is 20.3 Å². The van der Waals surface area contributed by atoms with Crippen LogP contribution in [0.15, 0.2) is 34.9 Å². The fourth-order valence-electron chi connectivity index (χ4n) is 1.75. The first kappa shape index (κ1) is 11.4. The summed E-state index contributed by atoms with van der Waals surface area (Å²) in [5, 5.41) is 6.98. The minimum Gasteiger partial charge on any atom is -0.277 e. The summed E-state index contributed by atoms with van der Waals surface area (Å²) in [7, 11) is 0. The van der Waals surface area contributed by atoms with E-state index in [-0.39, 0.29) is 0 Å². The van der Waals surface area contributed by atoms with Crippen molar-refractivity contribution in [2.24, 2.45) is 5.92 Å². The van der Waals surface area contributed by atoms with Gasteiger partial charge in [0.25, 0.3) is 0 Å². The molecule has 16 heavy (non-hydrogen) atoms. The molecule has 0 unspecified atom stereocenters. The zero-order chi connectivity index (χ0) is 11.5. The molecule has 3 heteroatoms. The van der Waals surface area contributed by atoms with Crippen LogP contribution in [0.3, 0.4) is 0 Å². The Morgan fingerprint density at radius 2 is 1.94 bits per heavy atom. The SMILES string of the molecule is CC(C)Cc1ccc(-c2[nH]ncc2Br)cc1. The van der Waals surface area contributed by atoms with E-state index in [4.69, 9.17) is 0 Å². The van der Waals surface area contributed by atoms with Crippen molar-refractivity contribution in [3.05, 3.63) is 40.5 Å². The zero-order valence-electron chi connectivity index (χ0n) is 9.50. The summed E-state index contributed by atoms with van der Waals surface area (Å²) in [6, 6.07) is 8.64. The van der Waals surface area contributed by atoms with E-state index >= 15 is 0 Å². The number of aromatic amines is 1. The molecule has 1 N–H and O–H groups in total. The Labute approximate surface area is 104 Å². The van der Waals surface area contributed by atoms with Gasteiger partial charge in [-0.2, -0.15) is 5.10 Å². The summed E-state index contributed by atoms with van der Waals surface area (Å²) in [5.41, 5.74) is 3.59. The van der Waals surface area contributed by atoms with Crippen LogP contribution < -0.4 is 0 Å². The van der Waals surface area contributed by atoms with E-state index in [9.17, 15) is 0 Å². The summed E-state index contributed by atoms with van der Waals surface area (Å²) in [6.45, 7) is 4.47. The molecule has 1 heterocycles. The molecule has 0 amide bonds. The Bertz CT molecular complexity index is 457. The molecule has 0 saturated carbocycles. The molecule has 2 rings (SSSR count). The minimum absolute atomic E-state index is 0.699. The van der Waals surface area contributed by atoms with Crippen LogP contribution in [0, 0.1) is 5.92 Å². The molecule has 0 fully saturated rings. The van der Waals surface area contributed by atoms with E-state index in [0.717, 1.165) is 22.2 Å². The van der Waals surface area contributed by atoms with Gasteiger partial charge in [0.1, 0.15) is 0 Å². The highest BCUT2D eigenvalue weighted by Crippen LogP contribution is 2.25. The fourth-order valence-corrected chi connectivity index (χ4v) is 2.17. The van der Waals surface area contributed by atoms with Crippen LogP contribution in [0.4, 0.5) is 0 Å². The first-order valence-corrected chi connectivity index (χ1v) is 6.24. The second-order valence-electron chi connectivity index (χ2n) is 4.39. The second-order valence-corrected chi connectivity index (χ2v) is 5.24. The van der Waals surface area contributed by atoms with Crippen molar-refractivity contribution in [2.75, 3.05) is 0 Å². The van der Waals surface area contributed by atoms with Crippen LogP contribution in [-0.4, -0.2) is 10.2 Å². The monoisotopic (exact) mass is 278 g/mol. The van der Waals surface area contributed by atoms with Crippen molar-refractivity contribution in [1.82, 2.24) is 10.2 Å². The van der Waals surface area contributed by atoms with E-state index in [1.165, 1.54) is 5.56 Å². The molecular formula is C13H15BrN2. The van der Waals surface area contributed by atoms with Crippen LogP contribution >= 0.6 is 15.9 Å². The summed E-state index contributed by atoms with van der Waals surface area (Å²) >= 11 is 3.47. The molecule has 1 aromatic carbocycles. The van der Waals surface area contributed by atoms with Gasteiger partial charge in [0.2, 0.25) is 0 Å². The van der Waals surface area contributed by atoms with Crippen molar-refractivity contribution in [3.63, 3.8) is 0 Å². The van der Waals surface area contributed by atoms with Crippen LogP contribution in [0.5, 0.6) is 0 Å². The molecule has 0 aliphatic heterocycles. The van der Waals surface area contributed by atoms with E-state index in [1.54, 1.807) is 6.20 Å². The summed E-state index contributed by atoms with van der Waals surface area (Å²) in [6.07, 6.45) is 2.90. The fraction of sp³-hybridized carbons (Fsp3) is 0.308. The Hall–Kier alpha value is -1.09. The number of hydrogen-bond acceptors (Lipinski definition) is 1. The molecule has 0 radical (unpaired) electrons. The molecule has 2 aromatic rings. The van der Waals surface area contributed by atoms with E-state index in [1.807, 2.05) is 0 Å². The molecule has 1 aromatic heterocycles. The molecule has 0 spiro atoms. The second kappa shape index (κ2) is 4.83. The van der Waals surface area contributed by atoms with Gasteiger partial charge in [-0.05, 0) is 33.8 Å². The summed E-state index contributed by atoms with van der Waals surface area (Å²) in [5.74, 6) is 0.699. The van der Waals surface area contributed by atoms with Gasteiger partial charge in [-0.25, -0.2) is 0 Å². The molecular weight excluding hydrogens is 264 g/mol. The Balaban J connectivity index is 2.23.